The van der Waals surface area contributed by atoms with E-state index < -0.39 is 0 Å². The van der Waals surface area contributed by atoms with Crippen LogP contribution < -0.4 is 11.1 Å². The molecule has 152 valence electrons. The summed E-state index contributed by atoms with van der Waals surface area (Å²) in [7, 11) is 0. The first kappa shape index (κ1) is 19.6. The van der Waals surface area contributed by atoms with Crippen molar-refractivity contribution in [2.75, 3.05) is 12.3 Å². The van der Waals surface area contributed by atoms with Gasteiger partial charge in [-0.15, -0.1) is 0 Å². The second-order valence-electron chi connectivity index (χ2n) is 7.17. The number of fused-ring (bicyclic) bond motifs is 2. The van der Waals surface area contributed by atoms with E-state index in [0.717, 1.165) is 24.0 Å². The molecule has 0 bridgehead atoms. The van der Waals surface area contributed by atoms with Gasteiger partial charge < -0.3 is 11.1 Å². The third-order valence-corrected chi connectivity index (χ3v) is 5.02. The lowest BCUT2D eigenvalue weighted by molar-refractivity contribution is 0.0955. The number of aromatic nitrogens is 3. The van der Waals surface area contributed by atoms with Gasteiger partial charge >= 0.3 is 0 Å². The van der Waals surface area contributed by atoms with Crippen LogP contribution in [0.5, 0.6) is 0 Å². The van der Waals surface area contributed by atoms with E-state index in [1.54, 1.807) is 6.21 Å². The van der Waals surface area contributed by atoms with E-state index in [2.05, 4.69) is 22.3 Å². The molecule has 0 radical (unpaired) electrons. The van der Waals surface area contributed by atoms with Gasteiger partial charge in [-0.25, -0.2) is 9.97 Å². The lowest BCUT2D eigenvalue weighted by Gasteiger charge is -2.04. The van der Waals surface area contributed by atoms with Crippen LogP contribution in [0.25, 0.3) is 22.2 Å². The SMILES string of the molecule is CCCCNC(=O)c1c(N)n(N=Cc2ccccc2C)c2nc3ccccc3nc12. The van der Waals surface area contributed by atoms with Crippen molar-refractivity contribution in [1.82, 2.24) is 20.0 Å². The molecule has 4 rings (SSSR count). The molecule has 3 N–H and O–H groups in total. The predicted molar refractivity (Wildman–Crippen MR) is 121 cm³/mol. The quantitative estimate of drug-likeness (QED) is 0.379. The van der Waals surface area contributed by atoms with E-state index in [4.69, 9.17) is 10.7 Å². The number of para-hydroxylation sites is 2. The molecule has 0 unspecified atom stereocenters. The van der Waals surface area contributed by atoms with E-state index in [1.807, 2.05) is 55.5 Å². The van der Waals surface area contributed by atoms with Gasteiger partial charge in [-0.2, -0.15) is 9.78 Å². The van der Waals surface area contributed by atoms with E-state index in [-0.39, 0.29) is 11.7 Å². The van der Waals surface area contributed by atoms with Crippen molar-refractivity contribution >= 4 is 40.1 Å². The fraction of sp³-hybridized carbons (Fsp3) is 0.217. The van der Waals surface area contributed by atoms with E-state index in [0.29, 0.717) is 34.3 Å². The van der Waals surface area contributed by atoms with Gasteiger partial charge in [0.05, 0.1) is 17.2 Å². The number of unbranched alkanes of at least 4 members (excludes halogenated alkanes) is 1. The molecule has 2 aromatic heterocycles. The molecular formula is C23H24N6O. The number of nitrogens with zero attached hydrogens (tertiary/aromatic N) is 4. The number of nitrogens with two attached hydrogens (primary N) is 1. The van der Waals surface area contributed by atoms with Crippen molar-refractivity contribution in [2.24, 2.45) is 5.10 Å². The van der Waals surface area contributed by atoms with Crippen molar-refractivity contribution in [2.45, 2.75) is 26.7 Å². The highest BCUT2D eigenvalue weighted by Crippen LogP contribution is 2.27. The van der Waals surface area contributed by atoms with Gasteiger partial charge in [-0.3, -0.25) is 4.79 Å². The standard InChI is InChI=1S/C23H24N6O/c1-3-4-13-25-23(30)19-20-22(28-18-12-8-7-11-17(18)27-20)29(21(19)24)26-14-16-10-6-5-9-15(16)2/h5-12,14H,3-4,13,24H2,1-2H3,(H,25,30). The van der Waals surface area contributed by atoms with E-state index >= 15 is 0 Å². The predicted octanol–water partition coefficient (Wildman–Crippen LogP) is 3.89. The Morgan fingerprint density at radius 3 is 2.57 bits per heavy atom. The van der Waals surface area contributed by atoms with Crippen molar-refractivity contribution in [1.29, 1.82) is 0 Å². The van der Waals surface area contributed by atoms with Crippen LogP contribution in [0.4, 0.5) is 5.82 Å². The zero-order valence-corrected chi connectivity index (χ0v) is 17.1. The van der Waals surface area contributed by atoms with Gasteiger partial charge in [0.25, 0.3) is 5.91 Å². The number of nitrogens with one attached hydrogen (secondary N) is 1. The van der Waals surface area contributed by atoms with Crippen molar-refractivity contribution in [3.05, 3.63) is 65.2 Å². The summed E-state index contributed by atoms with van der Waals surface area (Å²) >= 11 is 0. The Morgan fingerprint density at radius 2 is 1.83 bits per heavy atom. The Kier molecular flexibility index (Phi) is 5.43. The molecule has 0 saturated heterocycles. The summed E-state index contributed by atoms with van der Waals surface area (Å²) in [5.74, 6) is -0.0421. The molecule has 4 aromatic rings. The highest BCUT2D eigenvalue weighted by Gasteiger charge is 2.23. The summed E-state index contributed by atoms with van der Waals surface area (Å²) in [5, 5.41) is 7.48. The number of carbonyl (C=O) groups is 1. The zero-order chi connectivity index (χ0) is 21.1. The van der Waals surface area contributed by atoms with Gasteiger partial charge in [-0.05, 0) is 36.6 Å². The molecule has 2 heterocycles. The van der Waals surface area contributed by atoms with Crippen molar-refractivity contribution in [3.63, 3.8) is 0 Å². The summed E-state index contributed by atoms with van der Waals surface area (Å²) in [4.78, 5) is 22.3. The maximum absolute atomic E-state index is 12.9. The number of hydrogen-bond acceptors (Lipinski definition) is 5. The fourth-order valence-electron chi connectivity index (χ4n) is 3.31. The van der Waals surface area contributed by atoms with Crippen LogP contribution in [0.1, 0.15) is 41.3 Å². The average molecular weight is 400 g/mol. The number of anilines is 1. The number of nitrogen functional groups attached to an aromatic ring is 1. The topological polar surface area (TPSA) is 98.2 Å². The van der Waals surface area contributed by atoms with Crippen molar-refractivity contribution in [3.8, 4) is 0 Å². The van der Waals surface area contributed by atoms with Crippen LogP contribution in [-0.4, -0.2) is 33.3 Å². The van der Waals surface area contributed by atoms with Crippen molar-refractivity contribution < 1.29 is 4.79 Å². The molecule has 0 saturated carbocycles. The fourth-order valence-corrected chi connectivity index (χ4v) is 3.31. The molecule has 1 amide bonds. The summed E-state index contributed by atoms with van der Waals surface area (Å²) in [5.41, 5.74) is 11.1. The number of carbonyl (C=O) groups excluding carboxylic acids is 1. The first-order valence-corrected chi connectivity index (χ1v) is 10.0. The molecule has 2 aromatic carbocycles. The van der Waals surface area contributed by atoms with Crippen LogP contribution in [0.2, 0.25) is 0 Å². The lowest BCUT2D eigenvalue weighted by atomic mass is 10.1. The first-order valence-electron chi connectivity index (χ1n) is 10.0. The minimum absolute atomic E-state index is 0.221. The highest BCUT2D eigenvalue weighted by atomic mass is 16.1. The van der Waals surface area contributed by atoms with Gasteiger partial charge in [0.2, 0.25) is 0 Å². The normalized spacial score (nSPS) is 11.5. The third kappa shape index (κ3) is 3.61. The largest absolute Gasteiger partial charge is 0.383 e. The second-order valence-corrected chi connectivity index (χ2v) is 7.17. The van der Waals surface area contributed by atoms with Crippen LogP contribution in [0.3, 0.4) is 0 Å². The lowest BCUT2D eigenvalue weighted by Crippen LogP contribution is -2.25. The van der Waals surface area contributed by atoms with Crippen LogP contribution >= 0.6 is 0 Å². The summed E-state index contributed by atoms with van der Waals surface area (Å²) < 4.78 is 1.50. The molecule has 0 fully saturated rings. The molecular weight excluding hydrogens is 376 g/mol. The second kappa shape index (κ2) is 8.32. The molecule has 0 aliphatic heterocycles. The summed E-state index contributed by atoms with van der Waals surface area (Å²) in [6, 6.07) is 15.4. The minimum Gasteiger partial charge on any atom is -0.383 e. The van der Waals surface area contributed by atoms with Gasteiger partial charge in [0, 0.05) is 6.54 Å². The Labute approximate surface area is 174 Å². The number of hydrogen-bond donors (Lipinski definition) is 2. The monoisotopic (exact) mass is 400 g/mol. The minimum atomic E-state index is -0.264. The average Bonchev–Trinajstić information content (AvgIpc) is 3.02. The number of rotatable bonds is 6. The molecule has 7 heteroatoms. The van der Waals surface area contributed by atoms with Gasteiger partial charge in [0.15, 0.2) is 5.65 Å². The molecule has 0 aliphatic carbocycles. The van der Waals surface area contributed by atoms with Gasteiger partial charge in [-0.1, -0.05) is 49.7 Å². The van der Waals surface area contributed by atoms with Crippen LogP contribution in [-0.2, 0) is 0 Å². The number of aryl methyl sites for hydroxylation is 1. The third-order valence-electron chi connectivity index (χ3n) is 5.02. The van der Waals surface area contributed by atoms with E-state index in [1.165, 1.54) is 4.68 Å². The molecule has 30 heavy (non-hydrogen) atoms. The Morgan fingerprint density at radius 1 is 1.13 bits per heavy atom. The van der Waals surface area contributed by atoms with Crippen LogP contribution in [0, 0.1) is 6.92 Å². The van der Waals surface area contributed by atoms with Gasteiger partial charge in [0.1, 0.15) is 16.9 Å². The summed E-state index contributed by atoms with van der Waals surface area (Å²) in [6.07, 6.45) is 3.60. The molecule has 7 nitrogen and oxygen atoms in total. The van der Waals surface area contributed by atoms with Crippen LogP contribution in [0.15, 0.2) is 53.6 Å². The summed E-state index contributed by atoms with van der Waals surface area (Å²) in [6.45, 7) is 4.66. The molecule has 0 aliphatic rings. The molecule has 0 atom stereocenters. The Balaban J connectivity index is 1.88. The number of benzene rings is 2. The first-order chi connectivity index (χ1) is 14.6. The maximum atomic E-state index is 12.9. The Bertz CT molecular complexity index is 1260. The van der Waals surface area contributed by atoms with E-state index in [9.17, 15) is 4.79 Å². The number of amides is 1. The molecule has 0 spiro atoms. The highest BCUT2D eigenvalue weighted by molar-refractivity contribution is 6.10. The zero-order valence-electron chi connectivity index (χ0n) is 17.1. The Hall–Kier alpha value is -3.74. The smallest absolute Gasteiger partial charge is 0.257 e. The maximum Gasteiger partial charge on any atom is 0.257 e.